The van der Waals surface area contributed by atoms with E-state index in [1.165, 1.54) is 6.08 Å². The lowest BCUT2D eigenvalue weighted by molar-refractivity contribution is -0.135. The SMILES string of the molecule is N#CC(C[C@@H]1CCNC1=O)NC(=O)[C@@H]1CC(F)(F)CN1C(=O)/C=C/c1ccccc1. The predicted molar refractivity (Wildman–Crippen MR) is 104 cm³/mol. The molecule has 1 aromatic carbocycles. The number of nitrogens with zero attached hydrogens (tertiary/aromatic N) is 2. The molecule has 7 nitrogen and oxygen atoms in total. The number of benzene rings is 1. The Kier molecular flexibility index (Phi) is 6.45. The monoisotopic (exact) mass is 416 g/mol. The standard InChI is InChI=1S/C21H22F2N4O3/c22-21(23)11-17(20(30)26-16(12-24)10-15-8-9-25-19(15)29)27(13-21)18(28)7-6-14-4-2-1-3-5-14/h1-7,15-17H,8-11,13H2,(H,25,29)(H,26,30)/b7-6+/t15-,16?,17-/m0/s1. The number of hydrogen-bond acceptors (Lipinski definition) is 4. The molecule has 0 bridgehead atoms. The molecule has 0 saturated carbocycles. The van der Waals surface area contributed by atoms with Crippen molar-refractivity contribution in [1.82, 2.24) is 15.5 Å². The maximum absolute atomic E-state index is 14.0. The third kappa shape index (κ3) is 5.20. The van der Waals surface area contributed by atoms with Crippen LogP contribution in [0.1, 0.15) is 24.8 Å². The molecular formula is C21H22F2N4O3. The number of nitrogens with one attached hydrogen (secondary N) is 2. The highest BCUT2D eigenvalue weighted by atomic mass is 19.3. The van der Waals surface area contributed by atoms with Crippen molar-refractivity contribution in [2.45, 2.75) is 37.3 Å². The van der Waals surface area contributed by atoms with E-state index in [2.05, 4.69) is 10.6 Å². The topological polar surface area (TPSA) is 102 Å². The van der Waals surface area contributed by atoms with Crippen LogP contribution in [0.15, 0.2) is 36.4 Å². The highest BCUT2D eigenvalue weighted by molar-refractivity contribution is 5.96. The summed E-state index contributed by atoms with van der Waals surface area (Å²) < 4.78 is 28.0. The van der Waals surface area contributed by atoms with Gasteiger partial charge in [0.15, 0.2) is 0 Å². The predicted octanol–water partition coefficient (Wildman–Crippen LogP) is 1.47. The highest BCUT2D eigenvalue weighted by Gasteiger charge is 2.49. The van der Waals surface area contributed by atoms with Crippen molar-refractivity contribution in [2.24, 2.45) is 5.92 Å². The summed E-state index contributed by atoms with van der Waals surface area (Å²) in [5, 5.41) is 14.4. The van der Waals surface area contributed by atoms with Gasteiger partial charge in [-0.3, -0.25) is 14.4 Å². The summed E-state index contributed by atoms with van der Waals surface area (Å²) in [4.78, 5) is 37.7. The van der Waals surface area contributed by atoms with Crippen LogP contribution in [0.3, 0.4) is 0 Å². The van der Waals surface area contributed by atoms with Crippen LogP contribution in [0, 0.1) is 17.2 Å². The molecule has 30 heavy (non-hydrogen) atoms. The Bertz CT molecular complexity index is 882. The van der Waals surface area contributed by atoms with E-state index < -0.39 is 48.7 Å². The van der Waals surface area contributed by atoms with Gasteiger partial charge in [-0.1, -0.05) is 30.3 Å². The van der Waals surface area contributed by atoms with E-state index in [0.29, 0.717) is 13.0 Å². The van der Waals surface area contributed by atoms with Gasteiger partial charge in [0.05, 0.1) is 12.6 Å². The fourth-order valence-corrected chi connectivity index (χ4v) is 3.68. The third-order valence-corrected chi connectivity index (χ3v) is 5.23. The maximum atomic E-state index is 14.0. The van der Waals surface area contributed by atoms with Crippen molar-refractivity contribution in [3.8, 4) is 6.07 Å². The fraction of sp³-hybridized carbons (Fsp3) is 0.429. The van der Waals surface area contributed by atoms with Gasteiger partial charge in [0, 0.05) is 25.0 Å². The lowest BCUT2D eigenvalue weighted by atomic mass is 9.98. The van der Waals surface area contributed by atoms with Crippen molar-refractivity contribution in [3.05, 3.63) is 42.0 Å². The van der Waals surface area contributed by atoms with Crippen LogP contribution in [0.5, 0.6) is 0 Å². The second-order valence-corrected chi connectivity index (χ2v) is 7.49. The second-order valence-electron chi connectivity index (χ2n) is 7.49. The van der Waals surface area contributed by atoms with Crippen LogP contribution in [-0.2, 0) is 14.4 Å². The molecule has 1 aromatic rings. The normalized spacial score (nSPS) is 23.8. The number of carbonyl (C=O) groups excluding carboxylic acids is 3. The molecule has 2 N–H and O–H groups in total. The molecular weight excluding hydrogens is 394 g/mol. The van der Waals surface area contributed by atoms with Gasteiger partial charge in [-0.2, -0.15) is 5.26 Å². The summed E-state index contributed by atoms with van der Waals surface area (Å²) in [7, 11) is 0. The van der Waals surface area contributed by atoms with Crippen molar-refractivity contribution in [1.29, 1.82) is 5.26 Å². The first kappa shape index (κ1) is 21.4. The smallest absolute Gasteiger partial charge is 0.267 e. The van der Waals surface area contributed by atoms with Crippen LogP contribution in [0.2, 0.25) is 0 Å². The van der Waals surface area contributed by atoms with Gasteiger partial charge in [-0.15, -0.1) is 0 Å². The number of rotatable bonds is 6. The molecule has 2 fully saturated rings. The maximum Gasteiger partial charge on any atom is 0.267 e. The number of hydrogen-bond donors (Lipinski definition) is 2. The molecule has 9 heteroatoms. The second kappa shape index (κ2) is 9.03. The van der Waals surface area contributed by atoms with E-state index in [-0.39, 0.29) is 12.3 Å². The minimum atomic E-state index is -3.20. The van der Waals surface area contributed by atoms with E-state index in [1.54, 1.807) is 30.3 Å². The van der Waals surface area contributed by atoms with E-state index in [1.807, 2.05) is 6.07 Å². The number of carbonyl (C=O) groups is 3. The van der Waals surface area contributed by atoms with E-state index >= 15 is 0 Å². The highest BCUT2D eigenvalue weighted by Crippen LogP contribution is 2.32. The summed E-state index contributed by atoms with van der Waals surface area (Å²) >= 11 is 0. The molecule has 2 aliphatic rings. The molecule has 2 aliphatic heterocycles. The molecule has 3 atom stereocenters. The number of nitriles is 1. The average Bonchev–Trinajstić information content (AvgIpc) is 3.28. The third-order valence-electron chi connectivity index (χ3n) is 5.23. The molecule has 3 amide bonds. The van der Waals surface area contributed by atoms with Gasteiger partial charge in [-0.25, -0.2) is 8.78 Å². The summed E-state index contributed by atoms with van der Waals surface area (Å²) in [6.07, 6.45) is 2.47. The van der Waals surface area contributed by atoms with E-state index in [4.69, 9.17) is 0 Å². The Hall–Kier alpha value is -3.28. The molecule has 3 rings (SSSR count). The van der Waals surface area contributed by atoms with Gasteiger partial charge in [0.1, 0.15) is 12.1 Å². The van der Waals surface area contributed by atoms with E-state index in [0.717, 1.165) is 16.5 Å². The zero-order valence-electron chi connectivity index (χ0n) is 16.2. The van der Waals surface area contributed by atoms with E-state index in [9.17, 15) is 28.4 Å². The Morgan fingerprint density at radius 3 is 2.73 bits per heavy atom. The number of amides is 3. The van der Waals surface area contributed by atoms with Gasteiger partial charge < -0.3 is 15.5 Å². The van der Waals surface area contributed by atoms with Crippen molar-refractivity contribution >= 4 is 23.8 Å². The lowest BCUT2D eigenvalue weighted by Gasteiger charge is -2.23. The molecule has 158 valence electrons. The van der Waals surface area contributed by atoms with Crippen LogP contribution in [0.25, 0.3) is 6.08 Å². The molecule has 0 radical (unpaired) electrons. The summed E-state index contributed by atoms with van der Waals surface area (Å²) in [5.41, 5.74) is 0.720. The number of likely N-dealkylation sites (tertiary alicyclic amines) is 1. The van der Waals surface area contributed by atoms with Gasteiger partial charge in [0.25, 0.3) is 5.92 Å². The molecule has 0 spiro atoms. The van der Waals surface area contributed by atoms with Crippen molar-refractivity contribution in [2.75, 3.05) is 13.1 Å². The molecule has 2 heterocycles. The summed E-state index contributed by atoms with van der Waals surface area (Å²) in [6.45, 7) is -0.369. The van der Waals surface area contributed by atoms with Crippen LogP contribution in [-0.4, -0.2) is 53.7 Å². The first-order valence-corrected chi connectivity index (χ1v) is 9.68. The number of halogens is 2. The Morgan fingerprint density at radius 1 is 1.37 bits per heavy atom. The minimum Gasteiger partial charge on any atom is -0.356 e. The van der Waals surface area contributed by atoms with Crippen LogP contribution in [0.4, 0.5) is 8.78 Å². The molecule has 0 aromatic heterocycles. The zero-order chi connectivity index (χ0) is 21.7. The molecule has 0 aliphatic carbocycles. The first-order chi connectivity index (χ1) is 14.3. The fourth-order valence-electron chi connectivity index (χ4n) is 3.68. The molecule has 1 unspecified atom stereocenters. The van der Waals surface area contributed by atoms with Gasteiger partial charge in [0.2, 0.25) is 17.7 Å². The zero-order valence-corrected chi connectivity index (χ0v) is 16.2. The van der Waals surface area contributed by atoms with Crippen molar-refractivity contribution in [3.63, 3.8) is 0 Å². The minimum absolute atomic E-state index is 0.0963. The van der Waals surface area contributed by atoms with Crippen LogP contribution < -0.4 is 10.6 Å². The quantitative estimate of drug-likeness (QED) is 0.686. The average molecular weight is 416 g/mol. The largest absolute Gasteiger partial charge is 0.356 e. The summed E-state index contributed by atoms with van der Waals surface area (Å²) in [6, 6.07) is 8.37. The lowest BCUT2D eigenvalue weighted by Crippen LogP contribution is -2.48. The Morgan fingerprint density at radius 2 is 2.10 bits per heavy atom. The molecule has 2 saturated heterocycles. The van der Waals surface area contributed by atoms with Crippen molar-refractivity contribution < 1.29 is 23.2 Å². The van der Waals surface area contributed by atoms with Crippen LogP contribution >= 0.6 is 0 Å². The Labute approximate surface area is 172 Å². The van der Waals surface area contributed by atoms with Gasteiger partial charge >= 0.3 is 0 Å². The van der Waals surface area contributed by atoms with Gasteiger partial charge in [-0.05, 0) is 24.5 Å². The summed E-state index contributed by atoms with van der Waals surface area (Å²) in [5.74, 6) is -5.34. The first-order valence-electron chi connectivity index (χ1n) is 9.68. The number of alkyl halides is 2. The Balaban J connectivity index is 1.67.